The number of hydrogen-bond donors (Lipinski definition) is 2. The topological polar surface area (TPSA) is 79.3 Å². The van der Waals surface area contributed by atoms with Gasteiger partial charge in [0.2, 0.25) is 5.91 Å². The molecule has 1 amide bonds. The Kier molecular flexibility index (Phi) is 4.94. The lowest BCUT2D eigenvalue weighted by Gasteiger charge is -2.36. The molecule has 0 aromatic carbocycles. The Labute approximate surface area is 124 Å². The summed E-state index contributed by atoms with van der Waals surface area (Å²) in [6.07, 6.45) is 6.99. The molecule has 1 aliphatic rings. The maximum absolute atomic E-state index is 12.1. The molecule has 114 valence electrons. The van der Waals surface area contributed by atoms with E-state index in [1.807, 2.05) is 12.1 Å². The Morgan fingerprint density at radius 1 is 1.43 bits per heavy atom. The van der Waals surface area contributed by atoms with Crippen molar-refractivity contribution in [1.82, 2.24) is 10.3 Å². The number of aryl methyl sites for hydroxylation is 1. The highest BCUT2D eigenvalue weighted by Crippen LogP contribution is 2.32. The van der Waals surface area contributed by atoms with Crippen LogP contribution in [0.15, 0.2) is 24.5 Å². The van der Waals surface area contributed by atoms with E-state index >= 15 is 0 Å². The molecule has 2 N–H and O–H groups in total. The van der Waals surface area contributed by atoms with Gasteiger partial charge in [0.05, 0.1) is 0 Å². The van der Waals surface area contributed by atoms with E-state index in [0.717, 1.165) is 18.4 Å². The minimum Gasteiger partial charge on any atom is -0.480 e. The molecular weight excluding hydrogens is 268 g/mol. The van der Waals surface area contributed by atoms with E-state index in [4.69, 9.17) is 0 Å². The third-order valence-corrected chi connectivity index (χ3v) is 4.28. The first-order valence-electron chi connectivity index (χ1n) is 7.45. The van der Waals surface area contributed by atoms with Gasteiger partial charge in [-0.1, -0.05) is 13.0 Å². The van der Waals surface area contributed by atoms with Crippen LogP contribution >= 0.6 is 0 Å². The van der Waals surface area contributed by atoms with Crippen LogP contribution in [-0.2, 0) is 16.0 Å². The number of carbonyl (C=O) groups is 2. The number of amides is 1. The van der Waals surface area contributed by atoms with Crippen molar-refractivity contribution in [1.29, 1.82) is 0 Å². The third-order valence-electron chi connectivity index (χ3n) is 4.28. The molecule has 0 radical (unpaired) electrons. The maximum Gasteiger partial charge on any atom is 0.329 e. The van der Waals surface area contributed by atoms with Crippen LogP contribution in [0.2, 0.25) is 0 Å². The summed E-state index contributed by atoms with van der Waals surface area (Å²) < 4.78 is 0. The van der Waals surface area contributed by atoms with Crippen LogP contribution in [0.5, 0.6) is 0 Å². The van der Waals surface area contributed by atoms with Gasteiger partial charge in [-0.2, -0.15) is 0 Å². The number of carboxylic acids is 1. The molecule has 0 spiro atoms. The summed E-state index contributed by atoms with van der Waals surface area (Å²) in [5.41, 5.74) is -0.0901. The molecule has 1 aromatic rings. The molecule has 5 nitrogen and oxygen atoms in total. The van der Waals surface area contributed by atoms with Gasteiger partial charge in [-0.3, -0.25) is 9.78 Å². The lowest BCUT2D eigenvalue weighted by Crippen LogP contribution is -2.56. The Balaban J connectivity index is 1.91. The SMILES string of the molecule is CC1CCC(NC(=O)CCc2cccnc2)(C(=O)O)CC1. The van der Waals surface area contributed by atoms with Crippen LogP contribution in [-0.4, -0.2) is 27.5 Å². The van der Waals surface area contributed by atoms with E-state index in [-0.39, 0.29) is 12.3 Å². The van der Waals surface area contributed by atoms with Crippen LogP contribution in [0.25, 0.3) is 0 Å². The molecule has 0 atom stereocenters. The van der Waals surface area contributed by atoms with Crippen molar-refractivity contribution in [3.63, 3.8) is 0 Å². The van der Waals surface area contributed by atoms with Crippen LogP contribution in [0, 0.1) is 5.92 Å². The third kappa shape index (κ3) is 4.03. The van der Waals surface area contributed by atoms with Crippen molar-refractivity contribution in [3.05, 3.63) is 30.1 Å². The quantitative estimate of drug-likeness (QED) is 0.871. The van der Waals surface area contributed by atoms with Gasteiger partial charge in [0.25, 0.3) is 0 Å². The maximum atomic E-state index is 12.1. The molecule has 1 aliphatic carbocycles. The smallest absolute Gasteiger partial charge is 0.329 e. The fourth-order valence-corrected chi connectivity index (χ4v) is 2.78. The molecule has 1 aromatic heterocycles. The average molecular weight is 290 g/mol. The minimum absolute atomic E-state index is 0.198. The number of carbonyl (C=O) groups excluding carboxylic acids is 1. The first kappa shape index (κ1) is 15.5. The highest BCUT2D eigenvalue weighted by molar-refractivity contribution is 5.87. The second kappa shape index (κ2) is 6.70. The number of nitrogens with zero attached hydrogens (tertiary/aromatic N) is 1. The van der Waals surface area contributed by atoms with Crippen molar-refractivity contribution in [2.45, 2.75) is 51.0 Å². The van der Waals surface area contributed by atoms with Crippen molar-refractivity contribution in [2.75, 3.05) is 0 Å². The van der Waals surface area contributed by atoms with Crippen LogP contribution in [0.4, 0.5) is 0 Å². The highest BCUT2D eigenvalue weighted by atomic mass is 16.4. The fourth-order valence-electron chi connectivity index (χ4n) is 2.78. The Morgan fingerprint density at radius 2 is 2.14 bits per heavy atom. The van der Waals surface area contributed by atoms with Crippen molar-refractivity contribution < 1.29 is 14.7 Å². The number of rotatable bonds is 5. The van der Waals surface area contributed by atoms with E-state index in [1.165, 1.54) is 0 Å². The number of carboxylic acid groups (broad SMARTS) is 1. The van der Waals surface area contributed by atoms with Crippen LogP contribution in [0.3, 0.4) is 0 Å². The Bertz CT molecular complexity index is 494. The van der Waals surface area contributed by atoms with Gasteiger partial charge >= 0.3 is 5.97 Å². The van der Waals surface area contributed by atoms with Gasteiger partial charge in [0, 0.05) is 18.8 Å². The Hall–Kier alpha value is -1.91. The number of nitrogens with one attached hydrogen (secondary N) is 1. The van der Waals surface area contributed by atoms with Gasteiger partial charge in [0.1, 0.15) is 5.54 Å². The number of hydrogen-bond acceptors (Lipinski definition) is 3. The summed E-state index contributed by atoms with van der Waals surface area (Å²) in [6.45, 7) is 2.12. The molecule has 1 fully saturated rings. The minimum atomic E-state index is -1.07. The van der Waals surface area contributed by atoms with Crippen LogP contribution in [0.1, 0.15) is 44.6 Å². The zero-order chi connectivity index (χ0) is 15.3. The molecular formula is C16H22N2O3. The summed E-state index contributed by atoms with van der Waals surface area (Å²) in [5.74, 6) is -0.579. The lowest BCUT2D eigenvalue weighted by atomic mass is 9.77. The average Bonchev–Trinajstić information content (AvgIpc) is 2.48. The molecule has 1 saturated carbocycles. The van der Waals surface area contributed by atoms with Crippen molar-refractivity contribution in [2.24, 2.45) is 5.92 Å². The van der Waals surface area contributed by atoms with Crippen molar-refractivity contribution >= 4 is 11.9 Å². The molecule has 0 bridgehead atoms. The molecule has 5 heteroatoms. The normalized spacial score (nSPS) is 25.3. The van der Waals surface area contributed by atoms with Gasteiger partial charge in [-0.15, -0.1) is 0 Å². The fraction of sp³-hybridized carbons (Fsp3) is 0.562. The monoisotopic (exact) mass is 290 g/mol. The summed E-state index contributed by atoms with van der Waals surface area (Å²) in [5, 5.41) is 12.2. The van der Waals surface area contributed by atoms with Gasteiger partial charge in [-0.05, 0) is 49.7 Å². The van der Waals surface area contributed by atoms with E-state index in [0.29, 0.717) is 25.2 Å². The summed E-state index contributed by atoms with van der Waals surface area (Å²) >= 11 is 0. The summed E-state index contributed by atoms with van der Waals surface area (Å²) in [7, 11) is 0. The lowest BCUT2D eigenvalue weighted by molar-refractivity contribution is -0.149. The Morgan fingerprint density at radius 3 is 2.71 bits per heavy atom. The first-order chi connectivity index (χ1) is 10.0. The molecule has 21 heavy (non-hydrogen) atoms. The summed E-state index contributed by atoms with van der Waals surface area (Å²) in [4.78, 5) is 27.7. The molecule has 2 rings (SSSR count). The van der Waals surface area contributed by atoms with Crippen molar-refractivity contribution in [3.8, 4) is 0 Å². The van der Waals surface area contributed by atoms with Gasteiger partial charge < -0.3 is 10.4 Å². The molecule has 0 aliphatic heterocycles. The highest BCUT2D eigenvalue weighted by Gasteiger charge is 2.42. The number of aromatic nitrogens is 1. The summed E-state index contributed by atoms with van der Waals surface area (Å²) in [6, 6.07) is 3.74. The number of pyridine rings is 1. The molecule has 1 heterocycles. The zero-order valence-corrected chi connectivity index (χ0v) is 12.3. The van der Waals surface area contributed by atoms with E-state index in [2.05, 4.69) is 17.2 Å². The largest absolute Gasteiger partial charge is 0.480 e. The second-order valence-electron chi connectivity index (χ2n) is 5.98. The van der Waals surface area contributed by atoms with Gasteiger partial charge in [0.15, 0.2) is 0 Å². The number of aliphatic carboxylic acids is 1. The second-order valence-corrected chi connectivity index (χ2v) is 5.98. The van der Waals surface area contributed by atoms with E-state index < -0.39 is 11.5 Å². The predicted molar refractivity (Wildman–Crippen MR) is 78.7 cm³/mol. The molecule has 0 unspecified atom stereocenters. The van der Waals surface area contributed by atoms with Gasteiger partial charge in [-0.25, -0.2) is 4.79 Å². The van der Waals surface area contributed by atoms with Crippen LogP contribution < -0.4 is 5.32 Å². The molecule has 0 saturated heterocycles. The zero-order valence-electron chi connectivity index (χ0n) is 12.3. The first-order valence-corrected chi connectivity index (χ1v) is 7.45. The predicted octanol–water partition coefficient (Wildman–Crippen LogP) is 2.16. The standard InChI is InChI=1S/C16H22N2O3/c1-12-6-8-16(9-7-12,15(20)21)18-14(19)5-4-13-3-2-10-17-11-13/h2-3,10-12H,4-9H2,1H3,(H,18,19)(H,20,21). The van der Waals surface area contributed by atoms with E-state index in [1.54, 1.807) is 12.4 Å². The van der Waals surface area contributed by atoms with E-state index in [9.17, 15) is 14.7 Å².